The van der Waals surface area contributed by atoms with Crippen molar-refractivity contribution in [2.45, 2.75) is 6.42 Å². The molecule has 124 valence electrons. The van der Waals surface area contributed by atoms with Gasteiger partial charge < -0.3 is 20.1 Å². The van der Waals surface area contributed by atoms with Crippen LogP contribution < -0.4 is 20.1 Å². The van der Waals surface area contributed by atoms with E-state index in [9.17, 15) is 4.79 Å². The second kappa shape index (κ2) is 9.06. The third-order valence-electron chi connectivity index (χ3n) is 3.27. The van der Waals surface area contributed by atoms with Crippen LogP contribution in [0.15, 0.2) is 48.5 Å². The number of rotatable bonds is 7. The van der Waals surface area contributed by atoms with Crippen molar-refractivity contribution in [3.05, 3.63) is 54.1 Å². The first kappa shape index (κ1) is 17.2. The largest absolute Gasteiger partial charge is 0.496 e. The summed E-state index contributed by atoms with van der Waals surface area (Å²) in [6.07, 6.45) is 0.669. The second-order valence-electron chi connectivity index (χ2n) is 4.92. The molecule has 0 fully saturated rings. The molecule has 0 spiro atoms. The van der Waals surface area contributed by atoms with Crippen LogP contribution in [0, 0.1) is 11.3 Å². The zero-order valence-electron chi connectivity index (χ0n) is 13.4. The Morgan fingerprint density at radius 1 is 1.21 bits per heavy atom. The van der Waals surface area contributed by atoms with Crippen molar-refractivity contribution in [2.75, 3.05) is 25.6 Å². The van der Waals surface area contributed by atoms with Crippen LogP contribution in [0.2, 0.25) is 0 Å². The molecular formula is C18H19N3O3. The van der Waals surface area contributed by atoms with E-state index in [1.54, 1.807) is 31.4 Å². The van der Waals surface area contributed by atoms with Gasteiger partial charge in [0.1, 0.15) is 17.6 Å². The molecule has 0 aliphatic carbocycles. The number of nitrogens with zero attached hydrogens (tertiary/aromatic N) is 1. The Hall–Kier alpha value is -3.20. The van der Waals surface area contributed by atoms with Gasteiger partial charge in [-0.2, -0.15) is 5.26 Å². The third kappa shape index (κ3) is 5.21. The average Bonchev–Trinajstić information content (AvgIpc) is 2.60. The van der Waals surface area contributed by atoms with Gasteiger partial charge in [-0.1, -0.05) is 24.3 Å². The minimum Gasteiger partial charge on any atom is -0.496 e. The number of para-hydroxylation sites is 1. The number of hydrogen-bond acceptors (Lipinski definition) is 4. The van der Waals surface area contributed by atoms with Crippen molar-refractivity contribution in [3.63, 3.8) is 0 Å². The molecule has 0 saturated heterocycles. The van der Waals surface area contributed by atoms with Crippen molar-refractivity contribution in [2.24, 2.45) is 0 Å². The quantitative estimate of drug-likeness (QED) is 0.820. The Kier molecular flexibility index (Phi) is 6.47. The molecule has 24 heavy (non-hydrogen) atoms. The van der Waals surface area contributed by atoms with Gasteiger partial charge in [-0.3, -0.25) is 0 Å². The number of anilines is 1. The van der Waals surface area contributed by atoms with Crippen LogP contribution in [0.3, 0.4) is 0 Å². The monoisotopic (exact) mass is 325 g/mol. The number of hydrogen-bond donors (Lipinski definition) is 2. The molecule has 2 aromatic rings. The number of carbonyl (C=O) groups is 1. The molecule has 6 heteroatoms. The molecular weight excluding hydrogens is 306 g/mol. The van der Waals surface area contributed by atoms with E-state index in [2.05, 4.69) is 10.6 Å². The summed E-state index contributed by atoms with van der Waals surface area (Å²) >= 11 is 0. The maximum absolute atomic E-state index is 11.9. The summed E-state index contributed by atoms with van der Waals surface area (Å²) in [5, 5.41) is 14.0. The van der Waals surface area contributed by atoms with Gasteiger partial charge in [-0.25, -0.2) is 4.79 Å². The average molecular weight is 325 g/mol. The van der Waals surface area contributed by atoms with Crippen LogP contribution in [-0.4, -0.2) is 26.3 Å². The van der Waals surface area contributed by atoms with Crippen molar-refractivity contribution in [1.29, 1.82) is 5.26 Å². The minimum atomic E-state index is -0.303. The van der Waals surface area contributed by atoms with Crippen LogP contribution in [0.5, 0.6) is 11.5 Å². The molecule has 0 aliphatic rings. The summed E-state index contributed by atoms with van der Waals surface area (Å²) in [6.45, 7) is 0.450. The van der Waals surface area contributed by atoms with Crippen molar-refractivity contribution in [3.8, 4) is 17.6 Å². The summed E-state index contributed by atoms with van der Waals surface area (Å²) in [5.74, 6) is 1.34. The molecule has 2 N–H and O–H groups in total. The number of benzene rings is 2. The predicted molar refractivity (Wildman–Crippen MR) is 91.3 cm³/mol. The van der Waals surface area contributed by atoms with Crippen LogP contribution in [0.25, 0.3) is 0 Å². The Morgan fingerprint density at radius 2 is 2.04 bits per heavy atom. The SMILES string of the molecule is COc1ccccc1CCNC(=O)Nc1cccc(OCC#N)c1. The number of carbonyl (C=O) groups excluding carboxylic acids is 1. The molecule has 2 rings (SSSR count). The molecule has 0 radical (unpaired) electrons. The highest BCUT2D eigenvalue weighted by Crippen LogP contribution is 2.18. The molecule has 0 atom stereocenters. The van der Waals surface area contributed by atoms with Crippen LogP contribution in [0.4, 0.5) is 10.5 Å². The topological polar surface area (TPSA) is 83.4 Å². The second-order valence-corrected chi connectivity index (χ2v) is 4.92. The van der Waals surface area contributed by atoms with Gasteiger partial charge in [0.05, 0.1) is 7.11 Å². The number of nitriles is 1. The number of urea groups is 1. The summed E-state index contributed by atoms with van der Waals surface area (Å²) in [6, 6.07) is 16.2. The summed E-state index contributed by atoms with van der Waals surface area (Å²) in [7, 11) is 1.63. The molecule has 6 nitrogen and oxygen atoms in total. The number of amides is 2. The van der Waals surface area contributed by atoms with Gasteiger partial charge in [0.25, 0.3) is 0 Å². The molecule has 2 amide bonds. The van der Waals surface area contributed by atoms with Gasteiger partial charge in [-0.15, -0.1) is 0 Å². The molecule has 0 unspecified atom stereocenters. The first-order valence-electron chi connectivity index (χ1n) is 7.49. The zero-order valence-corrected chi connectivity index (χ0v) is 13.4. The van der Waals surface area contributed by atoms with E-state index in [-0.39, 0.29) is 12.6 Å². The lowest BCUT2D eigenvalue weighted by atomic mass is 10.1. The Balaban J connectivity index is 1.82. The molecule has 0 bridgehead atoms. The van der Waals surface area contributed by atoms with Crippen LogP contribution in [0.1, 0.15) is 5.56 Å². The fourth-order valence-electron chi connectivity index (χ4n) is 2.17. The van der Waals surface area contributed by atoms with Gasteiger partial charge in [0, 0.05) is 18.3 Å². The van der Waals surface area contributed by atoms with E-state index < -0.39 is 0 Å². The van der Waals surface area contributed by atoms with E-state index >= 15 is 0 Å². The Morgan fingerprint density at radius 3 is 2.83 bits per heavy atom. The maximum atomic E-state index is 11.9. The molecule has 0 heterocycles. The maximum Gasteiger partial charge on any atom is 0.319 e. The summed E-state index contributed by atoms with van der Waals surface area (Å²) in [5.41, 5.74) is 1.63. The predicted octanol–water partition coefficient (Wildman–Crippen LogP) is 2.96. The summed E-state index contributed by atoms with van der Waals surface area (Å²) < 4.78 is 10.5. The minimum absolute atomic E-state index is 0.0332. The Bertz CT molecular complexity index is 725. The molecule has 0 aliphatic heterocycles. The van der Waals surface area contributed by atoms with Gasteiger partial charge in [-0.05, 0) is 30.2 Å². The molecule has 2 aromatic carbocycles. The van der Waals surface area contributed by atoms with Crippen molar-refractivity contribution < 1.29 is 14.3 Å². The van der Waals surface area contributed by atoms with Gasteiger partial charge in [0.2, 0.25) is 0 Å². The van der Waals surface area contributed by atoms with Gasteiger partial charge >= 0.3 is 6.03 Å². The zero-order chi connectivity index (χ0) is 17.2. The third-order valence-corrected chi connectivity index (χ3v) is 3.27. The lowest BCUT2D eigenvalue weighted by molar-refractivity contribution is 0.252. The summed E-state index contributed by atoms with van der Waals surface area (Å²) in [4.78, 5) is 11.9. The normalized spacial score (nSPS) is 9.67. The Labute approximate surface area is 141 Å². The number of nitrogens with one attached hydrogen (secondary N) is 2. The van der Waals surface area contributed by atoms with E-state index in [4.69, 9.17) is 14.7 Å². The fraction of sp³-hybridized carbons (Fsp3) is 0.222. The van der Waals surface area contributed by atoms with Crippen molar-refractivity contribution in [1.82, 2.24) is 5.32 Å². The van der Waals surface area contributed by atoms with Crippen LogP contribution in [-0.2, 0) is 6.42 Å². The molecule has 0 saturated carbocycles. The highest BCUT2D eigenvalue weighted by molar-refractivity contribution is 5.89. The van der Waals surface area contributed by atoms with Crippen LogP contribution >= 0.6 is 0 Å². The molecule has 0 aromatic heterocycles. The number of ether oxygens (including phenoxy) is 2. The van der Waals surface area contributed by atoms with E-state index in [0.717, 1.165) is 11.3 Å². The first-order chi connectivity index (χ1) is 11.7. The van der Waals surface area contributed by atoms with E-state index in [1.807, 2.05) is 30.3 Å². The van der Waals surface area contributed by atoms with Crippen molar-refractivity contribution >= 4 is 11.7 Å². The first-order valence-corrected chi connectivity index (χ1v) is 7.49. The number of methoxy groups -OCH3 is 1. The van der Waals surface area contributed by atoms with Gasteiger partial charge in [0.15, 0.2) is 6.61 Å². The lowest BCUT2D eigenvalue weighted by Gasteiger charge is -2.10. The smallest absolute Gasteiger partial charge is 0.319 e. The standard InChI is InChI=1S/C18H19N3O3/c1-23-17-8-3-2-5-14(17)9-11-20-18(22)21-15-6-4-7-16(13-15)24-12-10-19/h2-8,13H,9,11-12H2,1H3,(H2,20,21,22). The fourth-order valence-corrected chi connectivity index (χ4v) is 2.17. The van der Waals surface area contributed by atoms with E-state index in [1.165, 1.54) is 0 Å². The lowest BCUT2D eigenvalue weighted by Crippen LogP contribution is -2.30. The highest BCUT2D eigenvalue weighted by atomic mass is 16.5. The highest BCUT2D eigenvalue weighted by Gasteiger charge is 2.05. The van der Waals surface area contributed by atoms with E-state index in [0.29, 0.717) is 24.4 Å².